The lowest BCUT2D eigenvalue weighted by Crippen LogP contribution is -2.45. The number of thiophene rings is 1. The van der Waals surface area contributed by atoms with Crippen LogP contribution in [0.5, 0.6) is 0 Å². The van der Waals surface area contributed by atoms with E-state index in [0.717, 1.165) is 26.2 Å². The number of nitro groups is 1. The summed E-state index contributed by atoms with van der Waals surface area (Å²) in [5.74, 6) is 0.710. The number of nitrogens with zero attached hydrogens (tertiary/aromatic N) is 2. The Morgan fingerprint density at radius 1 is 1.39 bits per heavy atom. The zero-order valence-electron chi connectivity index (χ0n) is 10.2. The van der Waals surface area contributed by atoms with E-state index in [4.69, 9.17) is 0 Å². The van der Waals surface area contributed by atoms with Crippen molar-refractivity contribution in [2.45, 2.75) is 18.9 Å². The normalized spacial score (nSPS) is 22.9. The minimum absolute atomic E-state index is 0.269. The van der Waals surface area contributed by atoms with Gasteiger partial charge in [0.1, 0.15) is 0 Å². The number of piperazine rings is 1. The van der Waals surface area contributed by atoms with E-state index >= 15 is 0 Å². The van der Waals surface area contributed by atoms with Crippen molar-refractivity contribution >= 4 is 16.3 Å². The molecule has 1 aliphatic carbocycles. The Morgan fingerprint density at radius 3 is 2.67 bits per heavy atom. The fraction of sp³-hybridized carbons (Fsp3) is 0.667. The second kappa shape index (κ2) is 4.95. The first-order valence-electron chi connectivity index (χ1n) is 6.44. The largest absolute Gasteiger partial charge is 0.324 e. The minimum Gasteiger partial charge on any atom is -0.314 e. The van der Waals surface area contributed by atoms with Crippen LogP contribution in [0.15, 0.2) is 12.1 Å². The van der Waals surface area contributed by atoms with Gasteiger partial charge in [-0.05, 0) is 24.8 Å². The highest BCUT2D eigenvalue weighted by atomic mass is 32.1. The van der Waals surface area contributed by atoms with E-state index < -0.39 is 0 Å². The van der Waals surface area contributed by atoms with E-state index in [1.165, 1.54) is 29.1 Å². The van der Waals surface area contributed by atoms with Crippen molar-refractivity contribution in [1.29, 1.82) is 0 Å². The average Bonchev–Trinajstić information content (AvgIpc) is 3.07. The Hall–Kier alpha value is -0.980. The molecule has 1 saturated carbocycles. The summed E-state index contributed by atoms with van der Waals surface area (Å²) in [7, 11) is 0. The fourth-order valence-corrected chi connectivity index (χ4v) is 3.73. The van der Waals surface area contributed by atoms with Gasteiger partial charge >= 0.3 is 5.00 Å². The summed E-state index contributed by atoms with van der Waals surface area (Å²) < 4.78 is 0. The number of rotatable bonds is 4. The maximum absolute atomic E-state index is 10.8. The first-order chi connectivity index (χ1) is 8.75. The molecule has 98 valence electrons. The molecule has 3 rings (SSSR count). The molecule has 2 fully saturated rings. The monoisotopic (exact) mass is 267 g/mol. The molecule has 2 aliphatic rings. The maximum Gasteiger partial charge on any atom is 0.324 e. The molecule has 0 spiro atoms. The third-order valence-corrected chi connectivity index (χ3v) is 4.81. The summed E-state index contributed by atoms with van der Waals surface area (Å²) in [6.07, 6.45) is 2.53. The Balaban J connectivity index is 1.81. The van der Waals surface area contributed by atoms with Crippen LogP contribution in [0, 0.1) is 16.0 Å². The van der Waals surface area contributed by atoms with Crippen molar-refractivity contribution in [3.8, 4) is 0 Å². The second-order valence-electron chi connectivity index (χ2n) is 5.00. The molecule has 1 saturated heterocycles. The highest BCUT2D eigenvalue weighted by molar-refractivity contribution is 7.15. The van der Waals surface area contributed by atoms with E-state index in [9.17, 15) is 10.1 Å². The van der Waals surface area contributed by atoms with Crippen molar-refractivity contribution in [2.75, 3.05) is 26.2 Å². The van der Waals surface area contributed by atoms with Crippen molar-refractivity contribution in [2.24, 2.45) is 5.92 Å². The van der Waals surface area contributed by atoms with Gasteiger partial charge in [0.15, 0.2) is 0 Å². The van der Waals surface area contributed by atoms with Gasteiger partial charge in [-0.2, -0.15) is 0 Å². The maximum atomic E-state index is 10.8. The molecule has 5 nitrogen and oxygen atoms in total. The van der Waals surface area contributed by atoms with Gasteiger partial charge < -0.3 is 5.32 Å². The van der Waals surface area contributed by atoms with E-state index in [-0.39, 0.29) is 9.92 Å². The van der Waals surface area contributed by atoms with Crippen LogP contribution in [0.1, 0.15) is 23.8 Å². The molecular formula is C12H17N3O2S. The Bertz CT molecular complexity index is 438. The van der Waals surface area contributed by atoms with Crippen molar-refractivity contribution in [3.63, 3.8) is 0 Å². The molecule has 0 unspecified atom stereocenters. The lowest BCUT2D eigenvalue weighted by molar-refractivity contribution is -0.380. The van der Waals surface area contributed by atoms with E-state index in [1.54, 1.807) is 6.07 Å². The summed E-state index contributed by atoms with van der Waals surface area (Å²) >= 11 is 1.35. The molecule has 0 radical (unpaired) electrons. The third kappa shape index (κ3) is 2.41. The summed E-state index contributed by atoms with van der Waals surface area (Å²) in [5, 5.41) is 14.4. The van der Waals surface area contributed by atoms with Gasteiger partial charge in [-0.15, -0.1) is 0 Å². The van der Waals surface area contributed by atoms with Crippen LogP contribution in [-0.4, -0.2) is 36.0 Å². The molecule has 1 aromatic rings. The predicted octanol–water partition coefficient (Wildman–Crippen LogP) is 2.01. The van der Waals surface area contributed by atoms with Crippen LogP contribution >= 0.6 is 11.3 Å². The van der Waals surface area contributed by atoms with Gasteiger partial charge in [-0.25, -0.2) is 0 Å². The van der Waals surface area contributed by atoms with Crippen LogP contribution in [0.25, 0.3) is 0 Å². The van der Waals surface area contributed by atoms with E-state index in [2.05, 4.69) is 10.2 Å². The first kappa shape index (κ1) is 12.1. The SMILES string of the molecule is O=[N+]([O-])c1ccc([C@H](C2CC2)N2CCNCC2)s1. The zero-order valence-corrected chi connectivity index (χ0v) is 11.0. The summed E-state index contributed by atoms with van der Waals surface area (Å²) in [4.78, 5) is 14.2. The van der Waals surface area contributed by atoms with Crippen molar-refractivity contribution < 1.29 is 4.92 Å². The lowest BCUT2D eigenvalue weighted by atomic mass is 10.1. The van der Waals surface area contributed by atoms with Crippen molar-refractivity contribution in [3.05, 3.63) is 27.1 Å². The molecule has 0 bridgehead atoms. The van der Waals surface area contributed by atoms with Gasteiger partial charge in [-0.3, -0.25) is 15.0 Å². The van der Waals surface area contributed by atoms with Gasteiger partial charge in [-0.1, -0.05) is 11.3 Å². The number of hydrogen-bond acceptors (Lipinski definition) is 5. The van der Waals surface area contributed by atoms with Crippen LogP contribution in [0.3, 0.4) is 0 Å². The van der Waals surface area contributed by atoms with Crippen molar-refractivity contribution in [1.82, 2.24) is 10.2 Å². The molecule has 1 atom stereocenters. The molecule has 1 aliphatic heterocycles. The highest BCUT2D eigenvalue weighted by Gasteiger charge is 2.38. The summed E-state index contributed by atoms with van der Waals surface area (Å²) in [6, 6.07) is 4.01. The van der Waals surface area contributed by atoms with Gasteiger partial charge in [0.05, 0.1) is 4.92 Å². The zero-order chi connectivity index (χ0) is 12.5. The Labute approximate surface area is 110 Å². The topological polar surface area (TPSA) is 58.4 Å². The van der Waals surface area contributed by atoms with Crippen LogP contribution in [0.2, 0.25) is 0 Å². The van der Waals surface area contributed by atoms with Gasteiger partial charge in [0, 0.05) is 43.2 Å². The summed E-state index contributed by atoms with van der Waals surface area (Å²) in [5.41, 5.74) is 0. The predicted molar refractivity (Wildman–Crippen MR) is 70.9 cm³/mol. The van der Waals surface area contributed by atoms with Gasteiger partial charge in [0.25, 0.3) is 0 Å². The van der Waals surface area contributed by atoms with E-state index in [1.807, 2.05) is 6.07 Å². The fourth-order valence-electron chi connectivity index (χ4n) is 2.68. The third-order valence-electron chi connectivity index (χ3n) is 3.70. The molecule has 1 N–H and O–H groups in total. The molecule has 1 aromatic heterocycles. The Morgan fingerprint density at radius 2 is 2.11 bits per heavy atom. The smallest absolute Gasteiger partial charge is 0.314 e. The minimum atomic E-state index is -0.282. The quantitative estimate of drug-likeness (QED) is 0.669. The van der Waals surface area contributed by atoms with Crippen LogP contribution in [-0.2, 0) is 0 Å². The van der Waals surface area contributed by atoms with Gasteiger partial charge in [0.2, 0.25) is 0 Å². The molecule has 18 heavy (non-hydrogen) atoms. The van der Waals surface area contributed by atoms with E-state index in [0.29, 0.717) is 12.0 Å². The molecule has 6 heteroatoms. The second-order valence-corrected chi connectivity index (χ2v) is 6.10. The Kier molecular flexibility index (Phi) is 3.32. The molecule has 0 aromatic carbocycles. The first-order valence-corrected chi connectivity index (χ1v) is 7.26. The van der Waals surface area contributed by atoms with Crippen LogP contribution < -0.4 is 5.32 Å². The van der Waals surface area contributed by atoms with Crippen LogP contribution in [0.4, 0.5) is 5.00 Å². The average molecular weight is 267 g/mol. The standard InChI is InChI=1S/C12H17N3O2S/c16-15(17)11-4-3-10(18-11)12(9-1-2-9)14-7-5-13-6-8-14/h3-4,9,12-13H,1-2,5-8H2/t12-/m0/s1. The highest BCUT2D eigenvalue weighted by Crippen LogP contribution is 2.47. The number of nitrogens with one attached hydrogen (secondary N) is 1. The summed E-state index contributed by atoms with van der Waals surface area (Å²) in [6.45, 7) is 4.15. The lowest BCUT2D eigenvalue weighted by Gasteiger charge is -2.34. The molecular weight excluding hydrogens is 250 g/mol. The number of hydrogen-bond donors (Lipinski definition) is 1. The molecule has 0 amide bonds. The molecule has 2 heterocycles.